The van der Waals surface area contributed by atoms with Crippen molar-refractivity contribution in [1.29, 1.82) is 0 Å². The van der Waals surface area contributed by atoms with E-state index in [1.165, 1.54) is 5.57 Å². The molecule has 186 valence electrons. The molecule has 1 aromatic rings. The number of benzene rings is 1. The van der Waals surface area contributed by atoms with E-state index < -0.39 is 6.16 Å². The minimum absolute atomic E-state index is 0. The van der Waals surface area contributed by atoms with E-state index in [-0.39, 0.29) is 18.9 Å². The van der Waals surface area contributed by atoms with Crippen LogP contribution in [0, 0.1) is 13.3 Å². The van der Waals surface area contributed by atoms with Gasteiger partial charge in [0, 0.05) is 17.4 Å². The SMILES string of the molecule is CCCc1cc(OC(=O)OCCCC[N+](C)(C)C)c2c(c1)OC(C)(C)C1CCC(C)=CC21.[CH3-]. The van der Waals surface area contributed by atoms with Crippen LogP contribution in [-0.4, -0.2) is 50.5 Å². The van der Waals surface area contributed by atoms with Gasteiger partial charge in [0.25, 0.3) is 0 Å². The van der Waals surface area contributed by atoms with Gasteiger partial charge in [-0.3, -0.25) is 0 Å². The van der Waals surface area contributed by atoms with E-state index in [0.29, 0.717) is 18.3 Å². The number of carbonyl (C=O) groups excluding carboxylic acids is 1. The Morgan fingerprint density at radius 2 is 1.94 bits per heavy atom. The molecule has 0 amide bonds. The third kappa shape index (κ3) is 6.99. The second kappa shape index (κ2) is 10.9. The molecule has 3 rings (SSSR count). The highest BCUT2D eigenvalue weighted by molar-refractivity contribution is 5.67. The van der Waals surface area contributed by atoms with Crippen LogP contribution in [0.5, 0.6) is 11.5 Å². The lowest BCUT2D eigenvalue weighted by molar-refractivity contribution is -0.870. The maximum atomic E-state index is 12.6. The number of unbranched alkanes of at least 4 members (excludes halogenated alkanes) is 1. The Kier molecular flexibility index (Phi) is 9.03. The average Bonchev–Trinajstić information content (AvgIpc) is 2.66. The average molecular weight is 460 g/mol. The van der Waals surface area contributed by atoms with Gasteiger partial charge in [0.05, 0.1) is 34.3 Å². The maximum absolute atomic E-state index is 12.6. The molecule has 1 aliphatic heterocycles. The Balaban J connectivity index is 0.00000385. The number of aryl methyl sites for hydroxylation is 1. The quantitative estimate of drug-likeness (QED) is 0.108. The number of carbonyl (C=O) groups is 1. The summed E-state index contributed by atoms with van der Waals surface area (Å²) in [7, 11) is 6.50. The fourth-order valence-corrected chi connectivity index (χ4v) is 5.04. The lowest BCUT2D eigenvalue weighted by Crippen LogP contribution is -2.45. The van der Waals surface area contributed by atoms with Gasteiger partial charge < -0.3 is 26.1 Å². The van der Waals surface area contributed by atoms with Crippen LogP contribution in [0.1, 0.15) is 76.8 Å². The van der Waals surface area contributed by atoms with Crippen molar-refractivity contribution in [2.24, 2.45) is 5.92 Å². The first kappa shape index (κ1) is 27.2. The van der Waals surface area contributed by atoms with Crippen molar-refractivity contribution < 1.29 is 23.5 Å². The first-order valence-electron chi connectivity index (χ1n) is 12.2. The number of ether oxygens (including phenoxy) is 3. The highest BCUT2D eigenvalue weighted by atomic mass is 16.7. The number of allylic oxidation sites excluding steroid dienone is 2. The molecule has 5 nitrogen and oxygen atoms in total. The minimum Gasteiger partial charge on any atom is -0.487 e. The normalized spacial score (nSPS) is 21.0. The van der Waals surface area contributed by atoms with Gasteiger partial charge in [-0.05, 0) is 70.6 Å². The van der Waals surface area contributed by atoms with E-state index in [1.807, 2.05) is 6.07 Å². The van der Waals surface area contributed by atoms with E-state index in [1.54, 1.807) is 0 Å². The van der Waals surface area contributed by atoms with Gasteiger partial charge in [-0.15, -0.1) is 0 Å². The standard InChI is InChI=1S/C27H42NO4.CH3/c1-8-11-20-17-23(31-26(29)30-15-10-9-14-28(5,6)7)25-21-16-19(2)12-13-22(21)27(3,4)32-24(25)18-20;/h16-18,21-22H,8-15H2,1-7H3;1H3/q+1;-1. The Morgan fingerprint density at radius 1 is 1.21 bits per heavy atom. The third-order valence-corrected chi connectivity index (χ3v) is 6.69. The lowest BCUT2D eigenvalue weighted by Gasteiger charge is -2.46. The Labute approximate surface area is 201 Å². The molecule has 0 spiro atoms. The van der Waals surface area contributed by atoms with Crippen LogP contribution >= 0.6 is 0 Å². The number of hydrogen-bond acceptors (Lipinski definition) is 4. The molecular weight excluding hydrogens is 414 g/mol. The molecule has 0 saturated carbocycles. The smallest absolute Gasteiger partial charge is 0.487 e. The molecule has 33 heavy (non-hydrogen) atoms. The highest BCUT2D eigenvalue weighted by Gasteiger charge is 2.45. The molecule has 5 heteroatoms. The molecule has 0 bridgehead atoms. The molecule has 0 N–H and O–H groups in total. The van der Waals surface area contributed by atoms with Crippen LogP contribution in [0.2, 0.25) is 0 Å². The van der Waals surface area contributed by atoms with Gasteiger partial charge in [0.1, 0.15) is 17.1 Å². The van der Waals surface area contributed by atoms with Gasteiger partial charge >= 0.3 is 6.16 Å². The molecule has 2 unspecified atom stereocenters. The zero-order valence-electron chi connectivity index (χ0n) is 22.1. The summed E-state index contributed by atoms with van der Waals surface area (Å²) in [6.45, 7) is 10.1. The molecule has 0 radical (unpaired) electrons. The molecular formula is C28H45NO4. The molecule has 2 aliphatic rings. The number of hydrogen-bond donors (Lipinski definition) is 0. The van der Waals surface area contributed by atoms with Gasteiger partial charge in [-0.1, -0.05) is 25.0 Å². The van der Waals surface area contributed by atoms with Crippen LogP contribution in [0.4, 0.5) is 4.79 Å². The minimum atomic E-state index is -0.621. The summed E-state index contributed by atoms with van der Waals surface area (Å²) in [5.41, 5.74) is 3.25. The Morgan fingerprint density at radius 3 is 2.61 bits per heavy atom. The number of quaternary nitrogens is 1. The summed E-state index contributed by atoms with van der Waals surface area (Å²) in [5.74, 6) is 1.98. The summed E-state index contributed by atoms with van der Waals surface area (Å²) in [4.78, 5) is 12.6. The Bertz CT molecular complexity index is 850. The van der Waals surface area contributed by atoms with Gasteiger partial charge in [-0.25, -0.2) is 4.79 Å². The molecule has 1 aromatic carbocycles. The molecule has 0 fully saturated rings. The van der Waals surface area contributed by atoms with Crippen molar-refractivity contribution in [2.45, 2.75) is 77.7 Å². The topological polar surface area (TPSA) is 44.8 Å². The van der Waals surface area contributed by atoms with E-state index in [0.717, 1.165) is 66.4 Å². The van der Waals surface area contributed by atoms with Crippen LogP contribution in [0.15, 0.2) is 23.8 Å². The largest absolute Gasteiger partial charge is 0.513 e. The zero-order valence-corrected chi connectivity index (χ0v) is 22.1. The third-order valence-electron chi connectivity index (χ3n) is 6.69. The monoisotopic (exact) mass is 459 g/mol. The molecule has 0 saturated heterocycles. The lowest BCUT2D eigenvalue weighted by atomic mass is 9.68. The van der Waals surface area contributed by atoms with Gasteiger partial charge in [0.15, 0.2) is 0 Å². The second-order valence-electron chi connectivity index (χ2n) is 11.1. The Hall–Kier alpha value is -2.01. The van der Waals surface area contributed by atoms with Crippen LogP contribution in [-0.2, 0) is 11.2 Å². The molecule has 2 atom stereocenters. The van der Waals surface area contributed by atoms with Crippen molar-refractivity contribution >= 4 is 6.16 Å². The summed E-state index contributed by atoms with van der Waals surface area (Å²) in [6.07, 6.45) is 7.66. The number of rotatable bonds is 8. The predicted octanol–water partition coefficient (Wildman–Crippen LogP) is 6.70. The number of nitrogens with zero attached hydrogens (tertiary/aromatic N) is 1. The summed E-state index contributed by atoms with van der Waals surface area (Å²) in [5, 5.41) is 0. The summed E-state index contributed by atoms with van der Waals surface area (Å²) in [6, 6.07) is 4.15. The number of fused-ring (bicyclic) bond motifs is 3. The summed E-state index contributed by atoms with van der Waals surface area (Å²) >= 11 is 0. The van der Waals surface area contributed by atoms with Crippen LogP contribution in [0.25, 0.3) is 0 Å². The van der Waals surface area contributed by atoms with Crippen molar-refractivity contribution in [3.63, 3.8) is 0 Å². The highest BCUT2D eigenvalue weighted by Crippen LogP contribution is 2.53. The van der Waals surface area contributed by atoms with E-state index in [9.17, 15) is 4.79 Å². The molecule has 1 aliphatic carbocycles. The van der Waals surface area contributed by atoms with Crippen molar-refractivity contribution in [2.75, 3.05) is 34.3 Å². The maximum Gasteiger partial charge on any atom is 0.513 e. The van der Waals surface area contributed by atoms with Crippen LogP contribution < -0.4 is 9.47 Å². The van der Waals surface area contributed by atoms with Crippen molar-refractivity contribution in [1.82, 2.24) is 0 Å². The fourth-order valence-electron chi connectivity index (χ4n) is 5.04. The first-order chi connectivity index (χ1) is 15.0. The fraction of sp³-hybridized carbons (Fsp3) is 0.643. The van der Waals surface area contributed by atoms with Crippen LogP contribution in [0.3, 0.4) is 0 Å². The molecule has 1 heterocycles. The predicted molar refractivity (Wildman–Crippen MR) is 135 cm³/mol. The van der Waals surface area contributed by atoms with Gasteiger partial charge in [0.2, 0.25) is 0 Å². The second-order valence-corrected chi connectivity index (χ2v) is 11.1. The molecule has 0 aromatic heterocycles. The van der Waals surface area contributed by atoms with Crippen molar-refractivity contribution in [3.8, 4) is 11.5 Å². The zero-order chi connectivity index (χ0) is 23.5. The van der Waals surface area contributed by atoms with E-state index in [4.69, 9.17) is 14.2 Å². The van der Waals surface area contributed by atoms with Crippen molar-refractivity contribution in [3.05, 3.63) is 42.3 Å². The first-order valence-corrected chi connectivity index (χ1v) is 12.2. The van der Waals surface area contributed by atoms with E-state index in [2.05, 4.69) is 61.0 Å². The van der Waals surface area contributed by atoms with Gasteiger partial charge in [-0.2, -0.15) is 0 Å². The summed E-state index contributed by atoms with van der Waals surface area (Å²) < 4.78 is 18.7. The van der Waals surface area contributed by atoms with E-state index >= 15 is 0 Å².